The van der Waals surface area contributed by atoms with Gasteiger partial charge in [-0.1, -0.05) is 41.1 Å². The van der Waals surface area contributed by atoms with Crippen molar-refractivity contribution in [1.82, 2.24) is 24.5 Å². The van der Waals surface area contributed by atoms with E-state index in [0.717, 1.165) is 47.4 Å². The Bertz CT molecular complexity index is 1520. The molecule has 1 N–H and O–H groups in total. The molecule has 0 unspecified atom stereocenters. The van der Waals surface area contributed by atoms with Gasteiger partial charge in [0.05, 0.1) is 22.4 Å². The number of benzene rings is 1. The van der Waals surface area contributed by atoms with Crippen molar-refractivity contribution in [1.29, 1.82) is 0 Å². The number of hydrogen-bond donors (Lipinski definition) is 1. The molecule has 0 spiro atoms. The Morgan fingerprint density at radius 2 is 1.92 bits per heavy atom. The summed E-state index contributed by atoms with van der Waals surface area (Å²) >= 11 is 9.16. The normalized spacial score (nSPS) is 13.0. The van der Waals surface area contributed by atoms with Crippen LogP contribution < -0.4 is 5.32 Å². The molecule has 0 saturated heterocycles. The average Bonchev–Trinajstić information content (AvgIpc) is 3.56. The molecule has 3 aromatic heterocycles. The molecule has 3 heterocycles. The minimum Gasteiger partial charge on any atom is -0.459 e. The van der Waals surface area contributed by atoms with Crippen LogP contribution >= 0.6 is 34.7 Å². The van der Waals surface area contributed by atoms with Crippen molar-refractivity contribution in [2.24, 2.45) is 7.05 Å². The summed E-state index contributed by atoms with van der Waals surface area (Å²) in [5, 5.41) is 17.7. The van der Waals surface area contributed by atoms with E-state index in [4.69, 9.17) is 16.3 Å². The summed E-state index contributed by atoms with van der Waals surface area (Å²) in [4.78, 5) is 27.2. The maximum absolute atomic E-state index is 13.2. The van der Waals surface area contributed by atoms with Crippen LogP contribution in [0, 0.1) is 6.92 Å². The number of ether oxygens (including phenoxy) is 1. The van der Waals surface area contributed by atoms with Crippen LogP contribution in [0.2, 0.25) is 5.02 Å². The van der Waals surface area contributed by atoms with Gasteiger partial charge in [-0.25, -0.2) is 4.79 Å². The predicted octanol–water partition coefficient (Wildman–Crippen LogP) is 5.87. The lowest BCUT2D eigenvalue weighted by Crippen LogP contribution is -2.19. The smallest absolute Gasteiger partial charge is 0.341 e. The molecule has 1 amide bonds. The molecule has 0 fully saturated rings. The second kappa shape index (κ2) is 11.5. The largest absolute Gasteiger partial charge is 0.459 e. The van der Waals surface area contributed by atoms with E-state index in [1.165, 1.54) is 23.1 Å². The number of carbonyl (C=O) groups is 2. The van der Waals surface area contributed by atoms with Gasteiger partial charge in [-0.2, -0.15) is 5.10 Å². The van der Waals surface area contributed by atoms with Crippen molar-refractivity contribution in [2.75, 3.05) is 11.1 Å². The molecule has 0 saturated carbocycles. The topological polar surface area (TPSA) is 104 Å². The number of thiophene rings is 1. The lowest BCUT2D eigenvalue weighted by atomic mass is 9.95. The Morgan fingerprint density at radius 3 is 2.62 bits per heavy atom. The molecule has 1 aliphatic rings. The van der Waals surface area contributed by atoms with Gasteiger partial charge in [0.2, 0.25) is 5.91 Å². The molecule has 1 aromatic carbocycles. The summed E-state index contributed by atoms with van der Waals surface area (Å²) in [5.41, 5.74) is 3.95. The Balaban J connectivity index is 1.40. The highest BCUT2D eigenvalue weighted by molar-refractivity contribution is 7.99. The number of nitrogens with zero attached hydrogens (tertiary/aromatic N) is 5. The molecule has 5 rings (SSSR count). The molecule has 0 atom stereocenters. The van der Waals surface area contributed by atoms with Crippen molar-refractivity contribution < 1.29 is 14.3 Å². The molecule has 0 radical (unpaired) electrons. The molecular weight excluding hydrogens is 556 g/mol. The number of nitrogens with one attached hydrogen (secondary N) is 1. The molecule has 1 aliphatic carbocycles. The standard InChI is InChI=1S/C27H29ClN6O3S2/c1-15(2)37-26(36)22-18-7-5-6-8-20(18)39-25(22)29-21(35)14-38-27-31-30-24(23-19(28)13-33(4)32-23)34(27)17-11-9-16(3)10-12-17/h9-13,15H,5-8,14H2,1-4H3,(H,29,35). The summed E-state index contributed by atoms with van der Waals surface area (Å²) in [6.07, 6.45) is 5.28. The number of anilines is 1. The Morgan fingerprint density at radius 1 is 1.18 bits per heavy atom. The van der Waals surface area contributed by atoms with Crippen molar-refractivity contribution in [3.05, 3.63) is 57.1 Å². The number of halogens is 1. The molecule has 204 valence electrons. The summed E-state index contributed by atoms with van der Waals surface area (Å²) in [6.45, 7) is 5.66. The molecule has 4 aromatic rings. The van der Waals surface area contributed by atoms with Crippen LogP contribution in [0.1, 0.15) is 53.1 Å². The second-order valence-electron chi connectivity index (χ2n) is 9.68. The number of carbonyl (C=O) groups excluding carboxylic acids is 2. The maximum atomic E-state index is 13.2. The lowest BCUT2D eigenvalue weighted by Gasteiger charge is -2.14. The number of aromatic nitrogens is 5. The van der Waals surface area contributed by atoms with Gasteiger partial charge < -0.3 is 10.1 Å². The summed E-state index contributed by atoms with van der Waals surface area (Å²) in [6, 6.07) is 7.92. The zero-order valence-corrected chi connectivity index (χ0v) is 24.5. The number of thioether (sulfide) groups is 1. The van der Waals surface area contributed by atoms with Crippen LogP contribution in [0.15, 0.2) is 35.6 Å². The van der Waals surface area contributed by atoms with Crippen molar-refractivity contribution in [2.45, 2.75) is 57.7 Å². The SMILES string of the molecule is Cc1ccc(-n2c(SCC(=O)Nc3sc4c(c3C(=O)OC(C)C)CCCC4)nnc2-c2nn(C)cc2Cl)cc1. The fourth-order valence-corrected chi connectivity index (χ4v) is 6.80. The van der Waals surface area contributed by atoms with Gasteiger partial charge in [-0.05, 0) is 64.2 Å². The van der Waals surface area contributed by atoms with Crippen LogP contribution in [-0.2, 0) is 29.4 Å². The Labute approximate surface area is 239 Å². The first kappa shape index (κ1) is 27.4. The van der Waals surface area contributed by atoms with E-state index in [-0.39, 0.29) is 23.7 Å². The third kappa shape index (κ3) is 5.90. The van der Waals surface area contributed by atoms with E-state index in [0.29, 0.717) is 32.3 Å². The van der Waals surface area contributed by atoms with E-state index in [9.17, 15) is 9.59 Å². The number of fused-ring (bicyclic) bond motifs is 1. The van der Waals surface area contributed by atoms with Crippen molar-refractivity contribution in [3.63, 3.8) is 0 Å². The number of hydrogen-bond acceptors (Lipinski definition) is 8. The fourth-order valence-electron chi connectivity index (χ4n) is 4.49. The van der Waals surface area contributed by atoms with E-state index in [2.05, 4.69) is 20.6 Å². The summed E-state index contributed by atoms with van der Waals surface area (Å²) in [7, 11) is 1.79. The second-order valence-corrected chi connectivity index (χ2v) is 12.1. The molecule has 0 aliphatic heterocycles. The highest BCUT2D eigenvalue weighted by Gasteiger charge is 2.28. The number of amides is 1. The van der Waals surface area contributed by atoms with E-state index < -0.39 is 0 Å². The zero-order valence-electron chi connectivity index (χ0n) is 22.2. The quantitative estimate of drug-likeness (QED) is 0.204. The molecular formula is C27H29ClN6O3S2. The van der Waals surface area contributed by atoms with Gasteiger partial charge >= 0.3 is 5.97 Å². The van der Waals surface area contributed by atoms with Gasteiger partial charge in [-0.15, -0.1) is 21.5 Å². The zero-order chi connectivity index (χ0) is 27.7. The van der Waals surface area contributed by atoms with Gasteiger partial charge in [-0.3, -0.25) is 14.0 Å². The predicted molar refractivity (Wildman–Crippen MR) is 154 cm³/mol. The highest BCUT2D eigenvalue weighted by atomic mass is 35.5. The first-order valence-corrected chi connectivity index (χ1v) is 14.9. The van der Waals surface area contributed by atoms with Crippen LogP contribution in [0.5, 0.6) is 0 Å². The van der Waals surface area contributed by atoms with Crippen LogP contribution in [0.4, 0.5) is 5.00 Å². The third-order valence-electron chi connectivity index (χ3n) is 6.22. The molecule has 39 heavy (non-hydrogen) atoms. The highest BCUT2D eigenvalue weighted by Crippen LogP contribution is 2.39. The number of rotatable bonds is 8. The Hall–Kier alpha value is -3.15. The van der Waals surface area contributed by atoms with Crippen molar-refractivity contribution in [3.8, 4) is 17.2 Å². The van der Waals surface area contributed by atoms with E-state index in [1.807, 2.05) is 49.6 Å². The average molecular weight is 585 g/mol. The minimum absolute atomic E-state index is 0.0706. The maximum Gasteiger partial charge on any atom is 0.341 e. The molecule has 0 bridgehead atoms. The molecule has 12 heteroatoms. The first-order chi connectivity index (χ1) is 18.7. The minimum atomic E-state index is -0.386. The van der Waals surface area contributed by atoms with Crippen molar-refractivity contribution >= 4 is 51.6 Å². The van der Waals surface area contributed by atoms with Gasteiger partial charge in [0.25, 0.3) is 0 Å². The first-order valence-electron chi connectivity index (χ1n) is 12.7. The van der Waals surface area contributed by atoms with Gasteiger partial charge in [0, 0.05) is 23.8 Å². The van der Waals surface area contributed by atoms with Gasteiger partial charge in [0.1, 0.15) is 10.7 Å². The van der Waals surface area contributed by atoms with Crippen LogP contribution in [0.3, 0.4) is 0 Å². The van der Waals surface area contributed by atoms with Gasteiger partial charge in [0.15, 0.2) is 11.0 Å². The van der Waals surface area contributed by atoms with E-state index in [1.54, 1.807) is 17.9 Å². The lowest BCUT2D eigenvalue weighted by molar-refractivity contribution is -0.113. The van der Waals surface area contributed by atoms with Crippen LogP contribution in [-0.4, -0.2) is 48.3 Å². The van der Waals surface area contributed by atoms with Crippen LogP contribution in [0.25, 0.3) is 17.2 Å². The van der Waals surface area contributed by atoms with E-state index >= 15 is 0 Å². The molecule has 9 nitrogen and oxygen atoms in total. The number of aryl methyl sites for hydroxylation is 3. The summed E-state index contributed by atoms with van der Waals surface area (Å²) in [5.74, 6) is -0.0744. The Kier molecular flexibility index (Phi) is 8.11. The fraction of sp³-hybridized carbons (Fsp3) is 0.370. The summed E-state index contributed by atoms with van der Waals surface area (Å²) < 4.78 is 8.98. The third-order valence-corrected chi connectivity index (χ3v) is 8.64. The monoisotopic (exact) mass is 584 g/mol. The number of esters is 1.